The van der Waals surface area contributed by atoms with E-state index >= 15 is 0 Å². The lowest BCUT2D eigenvalue weighted by atomic mass is 10.0. The lowest BCUT2D eigenvalue weighted by Gasteiger charge is -2.45. The minimum atomic E-state index is -0.574. The number of hydrogen-bond acceptors (Lipinski definition) is 7. The molecule has 3 fully saturated rings. The highest BCUT2D eigenvalue weighted by Gasteiger charge is 2.56. The molecular formula is C22H31N5O4. The van der Waals surface area contributed by atoms with E-state index in [1.807, 2.05) is 18.2 Å². The number of ether oxygens (including phenoxy) is 1. The predicted octanol–water partition coefficient (Wildman–Crippen LogP) is 0.521. The minimum absolute atomic E-state index is 0.128. The van der Waals surface area contributed by atoms with Gasteiger partial charge in [0.1, 0.15) is 25.0 Å². The first-order valence-electron chi connectivity index (χ1n) is 10.9. The summed E-state index contributed by atoms with van der Waals surface area (Å²) in [6, 6.07) is 9.34. The Balaban J connectivity index is 1.52. The molecule has 3 amide bonds. The second-order valence-electron chi connectivity index (χ2n) is 8.59. The topological polar surface area (TPSA) is 85.4 Å². The molecule has 1 aromatic rings. The first-order chi connectivity index (χ1) is 14.9. The van der Waals surface area contributed by atoms with E-state index in [4.69, 9.17) is 4.74 Å². The zero-order valence-electron chi connectivity index (χ0n) is 18.4. The molecule has 4 unspecified atom stereocenters. The Kier molecular flexibility index (Phi) is 6.27. The van der Waals surface area contributed by atoms with Crippen LogP contribution in [0.15, 0.2) is 30.3 Å². The van der Waals surface area contributed by atoms with E-state index in [2.05, 4.69) is 34.2 Å². The van der Waals surface area contributed by atoms with E-state index in [9.17, 15) is 14.4 Å². The maximum atomic E-state index is 13.3. The third-order valence-corrected chi connectivity index (χ3v) is 6.30. The molecule has 3 saturated heterocycles. The van der Waals surface area contributed by atoms with Gasteiger partial charge in [0.05, 0.1) is 6.61 Å². The molecule has 1 aromatic carbocycles. The van der Waals surface area contributed by atoms with Gasteiger partial charge in [-0.1, -0.05) is 37.3 Å². The molecule has 9 heteroatoms. The summed E-state index contributed by atoms with van der Waals surface area (Å²) in [5.74, 6) is -0.537. The van der Waals surface area contributed by atoms with Gasteiger partial charge in [0.15, 0.2) is 0 Å². The second kappa shape index (κ2) is 8.94. The zero-order chi connectivity index (χ0) is 22.1. The van der Waals surface area contributed by atoms with Crippen LogP contribution in [0.2, 0.25) is 0 Å². The highest BCUT2D eigenvalue weighted by Crippen LogP contribution is 2.32. The van der Waals surface area contributed by atoms with Gasteiger partial charge in [0.25, 0.3) is 5.91 Å². The summed E-state index contributed by atoms with van der Waals surface area (Å²) in [5, 5.41) is 3.50. The summed E-state index contributed by atoms with van der Waals surface area (Å²) >= 11 is 0. The second-order valence-corrected chi connectivity index (χ2v) is 8.59. The van der Waals surface area contributed by atoms with Gasteiger partial charge < -0.3 is 9.64 Å². The number of nitrogens with one attached hydrogen (secondary N) is 1. The Bertz CT molecular complexity index is 834. The summed E-state index contributed by atoms with van der Waals surface area (Å²) in [5.41, 5.74) is 1.27. The molecule has 0 bridgehead atoms. The molecule has 0 aromatic heterocycles. The van der Waals surface area contributed by atoms with Crippen molar-refractivity contribution in [2.75, 3.05) is 39.8 Å². The number of esters is 1. The maximum absolute atomic E-state index is 13.3. The Morgan fingerprint density at radius 3 is 2.65 bits per heavy atom. The number of urea groups is 1. The molecule has 31 heavy (non-hydrogen) atoms. The van der Waals surface area contributed by atoms with Crippen LogP contribution < -0.4 is 5.32 Å². The number of hydrogen-bond donors (Lipinski definition) is 1. The summed E-state index contributed by atoms with van der Waals surface area (Å²) in [7, 11) is 1.67. The van der Waals surface area contributed by atoms with Crippen molar-refractivity contribution in [1.82, 2.24) is 24.9 Å². The first-order valence-corrected chi connectivity index (χ1v) is 10.9. The van der Waals surface area contributed by atoms with Crippen LogP contribution in [0.25, 0.3) is 0 Å². The largest absolute Gasteiger partial charge is 0.465 e. The van der Waals surface area contributed by atoms with E-state index in [0.717, 1.165) is 31.0 Å². The van der Waals surface area contributed by atoms with Gasteiger partial charge >= 0.3 is 12.0 Å². The summed E-state index contributed by atoms with van der Waals surface area (Å²) in [4.78, 5) is 45.2. The third kappa shape index (κ3) is 4.17. The van der Waals surface area contributed by atoms with Crippen molar-refractivity contribution in [3.05, 3.63) is 35.9 Å². The molecule has 9 nitrogen and oxygen atoms in total. The van der Waals surface area contributed by atoms with E-state index in [-0.39, 0.29) is 25.3 Å². The number of carbonyl (C=O) groups is 3. The molecule has 3 aliphatic rings. The predicted molar refractivity (Wildman–Crippen MR) is 114 cm³/mol. The number of benzene rings is 1. The van der Waals surface area contributed by atoms with Crippen LogP contribution in [0.4, 0.5) is 4.79 Å². The fourth-order valence-corrected chi connectivity index (χ4v) is 4.90. The van der Waals surface area contributed by atoms with Crippen molar-refractivity contribution in [1.29, 1.82) is 0 Å². The molecular weight excluding hydrogens is 398 g/mol. The lowest BCUT2D eigenvalue weighted by molar-refractivity contribution is -0.151. The Hall–Kier alpha value is -2.49. The molecule has 0 aliphatic carbocycles. The van der Waals surface area contributed by atoms with Crippen molar-refractivity contribution in [3.63, 3.8) is 0 Å². The smallest absolute Gasteiger partial charge is 0.328 e. The molecule has 3 heterocycles. The number of imide groups is 1. The van der Waals surface area contributed by atoms with Crippen LogP contribution in [-0.2, 0) is 20.7 Å². The molecule has 3 aliphatic heterocycles. The fourth-order valence-electron chi connectivity index (χ4n) is 4.90. The average Bonchev–Trinajstić information content (AvgIpc) is 3.14. The van der Waals surface area contributed by atoms with Gasteiger partial charge in [-0.3, -0.25) is 29.6 Å². The molecule has 0 saturated carbocycles. The van der Waals surface area contributed by atoms with Crippen molar-refractivity contribution in [3.8, 4) is 0 Å². The number of rotatable bonds is 6. The monoisotopic (exact) mass is 429 g/mol. The Morgan fingerprint density at radius 1 is 1.19 bits per heavy atom. The summed E-state index contributed by atoms with van der Waals surface area (Å²) in [6.45, 7) is 6.24. The van der Waals surface area contributed by atoms with Gasteiger partial charge in [-0.25, -0.2) is 4.79 Å². The number of carbonyl (C=O) groups excluding carboxylic acids is 3. The Labute approximate surface area is 182 Å². The van der Waals surface area contributed by atoms with Crippen molar-refractivity contribution >= 4 is 17.9 Å². The molecule has 4 rings (SSSR count). The van der Waals surface area contributed by atoms with Crippen molar-refractivity contribution in [2.45, 2.75) is 38.8 Å². The molecule has 168 valence electrons. The highest BCUT2D eigenvalue weighted by atomic mass is 16.5. The van der Waals surface area contributed by atoms with E-state index < -0.39 is 24.2 Å². The molecule has 0 spiro atoms. The van der Waals surface area contributed by atoms with E-state index in [1.54, 1.807) is 14.0 Å². The van der Waals surface area contributed by atoms with Crippen LogP contribution >= 0.6 is 0 Å². The minimum Gasteiger partial charge on any atom is -0.465 e. The Morgan fingerprint density at radius 2 is 1.94 bits per heavy atom. The third-order valence-electron chi connectivity index (χ3n) is 6.30. The van der Waals surface area contributed by atoms with Gasteiger partial charge in [0.2, 0.25) is 0 Å². The van der Waals surface area contributed by atoms with Gasteiger partial charge in [0, 0.05) is 26.7 Å². The number of likely N-dealkylation sites (N-methyl/N-ethyl adjacent to an activating group) is 1. The summed E-state index contributed by atoms with van der Waals surface area (Å²) < 4.78 is 4.96. The average molecular weight is 430 g/mol. The van der Waals surface area contributed by atoms with Crippen LogP contribution in [0, 0.1) is 5.92 Å². The fraction of sp³-hybridized carbons (Fsp3) is 0.591. The summed E-state index contributed by atoms with van der Waals surface area (Å²) in [6.07, 6.45) is 0.358. The van der Waals surface area contributed by atoms with Crippen LogP contribution in [0.5, 0.6) is 0 Å². The number of nitrogens with zero attached hydrogens (tertiary/aromatic N) is 4. The van der Waals surface area contributed by atoms with Gasteiger partial charge in [-0.2, -0.15) is 0 Å². The molecule has 0 radical (unpaired) electrons. The SMILES string of the molecule is CCOC(=O)CN1C(=O)C2C(NC3N(CCc4ccccc4)CC(C)CN23)N(C)C1=O. The van der Waals surface area contributed by atoms with Crippen LogP contribution in [-0.4, -0.2) is 95.8 Å². The normalized spacial score (nSPS) is 29.1. The highest BCUT2D eigenvalue weighted by molar-refractivity contribution is 6.02. The van der Waals surface area contributed by atoms with Gasteiger partial charge in [-0.15, -0.1) is 0 Å². The standard InChI is InChI=1S/C22H31N5O4/c1-4-31-17(28)14-27-20(29)18-19(24(3)22(27)30)23-21-25(12-15(2)13-26(18)21)11-10-16-8-6-5-7-9-16/h5-9,15,18-19,21,23H,4,10-14H2,1-3H3. The van der Waals surface area contributed by atoms with E-state index in [1.165, 1.54) is 10.5 Å². The van der Waals surface area contributed by atoms with Crippen LogP contribution in [0.1, 0.15) is 19.4 Å². The van der Waals surface area contributed by atoms with Crippen LogP contribution in [0.3, 0.4) is 0 Å². The van der Waals surface area contributed by atoms with Crippen molar-refractivity contribution in [2.24, 2.45) is 5.92 Å². The van der Waals surface area contributed by atoms with Gasteiger partial charge in [-0.05, 0) is 24.8 Å². The number of amides is 3. The van der Waals surface area contributed by atoms with Crippen molar-refractivity contribution < 1.29 is 19.1 Å². The maximum Gasteiger partial charge on any atom is 0.328 e. The number of fused-ring (bicyclic) bond motifs is 3. The van der Waals surface area contributed by atoms with E-state index in [0.29, 0.717) is 5.92 Å². The first kappa shape index (κ1) is 21.7. The molecule has 1 N–H and O–H groups in total. The lowest BCUT2D eigenvalue weighted by Crippen LogP contribution is -2.67. The quantitative estimate of drug-likeness (QED) is 0.660. The zero-order valence-corrected chi connectivity index (χ0v) is 18.4. The molecule has 4 atom stereocenters.